The summed E-state index contributed by atoms with van der Waals surface area (Å²) >= 11 is 6.48. The first-order valence-corrected chi connectivity index (χ1v) is 10.7. The molecule has 2 aromatic rings. The third-order valence-electron chi connectivity index (χ3n) is 5.58. The lowest BCUT2D eigenvalue weighted by Crippen LogP contribution is -2.46. The van der Waals surface area contributed by atoms with E-state index in [1.807, 2.05) is 49.0 Å². The molecule has 1 fully saturated rings. The molecular weight excluding hydrogens is 412 g/mol. The number of hydrogen-bond donors (Lipinski definition) is 0. The number of piperazine rings is 1. The monoisotopic (exact) mass is 440 g/mol. The van der Waals surface area contributed by atoms with Gasteiger partial charge in [-0.2, -0.15) is 0 Å². The van der Waals surface area contributed by atoms with Crippen LogP contribution in [-0.4, -0.2) is 47.6 Å². The molecule has 1 aliphatic rings. The number of terminal acetylenes is 1. The van der Waals surface area contributed by atoms with Gasteiger partial charge in [-0.1, -0.05) is 41.8 Å². The van der Waals surface area contributed by atoms with Crippen molar-refractivity contribution in [2.45, 2.75) is 19.9 Å². The fraction of sp³-hybridized carbons (Fsp3) is 0.375. The Balaban J connectivity index is 1.77. The van der Waals surface area contributed by atoms with Crippen LogP contribution in [0.4, 0.5) is 5.69 Å². The van der Waals surface area contributed by atoms with Crippen molar-refractivity contribution in [1.29, 1.82) is 0 Å². The largest absolute Gasteiger partial charge is 0.495 e. The van der Waals surface area contributed by atoms with Gasteiger partial charge in [0.2, 0.25) is 0 Å². The fourth-order valence-corrected chi connectivity index (χ4v) is 4.16. The Hall–Kier alpha value is -2.88. The van der Waals surface area contributed by atoms with Gasteiger partial charge < -0.3 is 9.64 Å². The minimum Gasteiger partial charge on any atom is -0.495 e. The van der Waals surface area contributed by atoms with Gasteiger partial charge >= 0.3 is 0 Å². The molecule has 7 heteroatoms. The zero-order valence-corrected chi connectivity index (χ0v) is 19.1. The number of para-hydroxylation sites is 2. The average molecular weight is 441 g/mol. The second-order valence-corrected chi connectivity index (χ2v) is 7.79. The normalized spacial score (nSPS) is 15.5. The summed E-state index contributed by atoms with van der Waals surface area (Å²) in [6.45, 7) is 6.00. The van der Waals surface area contributed by atoms with E-state index in [0.717, 1.165) is 49.0 Å². The van der Waals surface area contributed by atoms with Gasteiger partial charge in [0.05, 0.1) is 24.2 Å². The molecule has 3 rings (SSSR count). The maximum absolute atomic E-state index is 12.9. The van der Waals surface area contributed by atoms with E-state index in [1.54, 1.807) is 17.9 Å². The maximum Gasteiger partial charge on any atom is 0.290 e. The van der Waals surface area contributed by atoms with Crippen LogP contribution < -0.4 is 15.2 Å². The van der Waals surface area contributed by atoms with Crippen LogP contribution in [0, 0.1) is 12.3 Å². The van der Waals surface area contributed by atoms with Crippen molar-refractivity contribution in [3.05, 3.63) is 63.6 Å². The number of anilines is 1. The highest BCUT2D eigenvalue weighted by atomic mass is 35.5. The van der Waals surface area contributed by atoms with E-state index in [0.29, 0.717) is 13.0 Å². The second-order valence-electron chi connectivity index (χ2n) is 7.41. The first-order valence-electron chi connectivity index (χ1n) is 10.3. The quantitative estimate of drug-likeness (QED) is 0.487. The zero-order valence-electron chi connectivity index (χ0n) is 18.3. The van der Waals surface area contributed by atoms with Crippen molar-refractivity contribution in [2.75, 3.05) is 38.2 Å². The number of rotatable bonds is 7. The molecule has 0 unspecified atom stereocenters. The molecule has 31 heavy (non-hydrogen) atoms. The molecule has 0 N–H and O–H groups in total. The highest BCUT2D eigenvalue weighted by molar-refractivity contribution is 6.31. The van der Waals surface area contributed by atoms with Gasteiger partial charge in [-0.3, -0.25) is 14.4 Å². The minimum atomic E-state index is -0.238. The molecule has 0 spiro atoms. The Morgan fingerprint density at radius 2 is 1.97 bits per heavy atom. The van der Waals surface area contributed by atoms with Crippen LogP contribution in [0.1, 0.15) is 19.0 Å². The lowest BCUT2D eigenvalue weighted by atomic mass is 10.2. The van der Waals surface area contributed by atoms with Crippen molar-refractivity contribution in [1.82, 2.24) is 14.3 Å². The van der Waals surface area contributed by atoms with Crippen LogP contribution in [0.5, 0.6) is 5.75 Å². The van der Waals surface area contributed by atoms with Crippen LogP contribution in [0.25, 0.3) is 5.70 Å². The maximum atomic E-state index is 12.9. The molecule has 0 amide bonds. The number of nitrogens with zero attached hydrogens (tertiary/aromatic N) is 4. The van der Waals surface area contributed by atoms with E-state index in [4.69, 9.17) is 22.8 Å². The van der Waals surface area contributed by atoms with E-state index in [9.17, 15) is 4.79 Å². The fourth-order valence-electron chi connectivity index (χ4n) is 3.90. The Morgan fingerprint density at radius 3 is 2.61 bits per heavy atom. The van der Waals surface area contributed by atoms with Crippen molar-refractivity contribution in [3.63, 3.8) is 0 Å². The summed E-state index contributed by atoms with van der Waals surface area (Å²) in [6.07, 6.45) is 11.6. The van der Waals surface area contributed by atoms with Gasteiger partial charge in [0, 0.05) is 52.3 Å². The van der Waals surface area contributed by atoms with Gasteiger partial charge in [0.1, 0.15) is 10.8 Å². The van der Waals surface area contributed by atoms with Crippen molar-refractivity contribution in [3.8, 4) is 18.1 Å². The number of halogens is 1. The van der Waals surface area contributed by atoms with Crippen LogP contribution in [0.2, 0.25) is 5.02 Å². The average Bonchev–Trinajstić information content (AvgIpc) is 3.00. The highest BCUT2D eigenvalue weighted by Crippen LogP contribution is 2.28. The molecule has 164 valence electrons. The molecule has 1 saturated heterocycles. The number of benzene rings is 1. The van der Waals surface area contributed by atoms with Crippen molar-refractivity contribution < 1.29 is 4.74 Å². The summed E-state index contributed by atoms with van der Waals surface area (Å²) in [4.78, 5) is 17.5. The van der Waals surface area contributed by atoms with Crippen molar-refractivity contribution in [2.24, 2.45) is 7.05 Å². The second kappa shape index (κ2) is 10.4. The number of allylic oxidation sites excluding steroid dienone is 4. The number of ether oxygens (including phenoxy) is 1. The number of methoxy groups -OCH3 is 1. The summed E-state index contributed by atoms with van der Waals surface area (Å²) in [7, 11) is 3.55. The van der Waals surface area contributed by atoms with E-state index < -0.39 is 0 Å². The number of hydrogen-bond acceptors (Lipinski definition) is 4. The minimum absolute atomic E-state index is 0.238. The first-order chi connectivity index (χ1) is 15.0. The lowest BCUT2D eigenvalue weighted by Gasteiger charge is -2.36. The smallest absolute Gasteiger partial charge is 0.290 e. The Bertz CT molecular complexity index is 1070. The van der Waals surface area contributed by atoms with Gasteiger partial charge in [-0.25, -0.2) is 4.68 Å². The third-order valence-corrected chi connectivity index (χ3v) is 5.96. The topological polar surface area (TPSA) is 42.6 Å². The molecular formula is C24H29ClN4O2. The van der Waals surface area contributed by atoms with Crippen LogP contribution in [0.15, 0.2) is 47.3 Å². The van der Waals surface area contributed by atoms with Gasteiger partial charge in [-0.15, -0.1) is 6.42 Å². The SMILES string of the molecule is C#C/C=C(\C/C=C\C)n1c(=O)c(Cl)c(CN2CCN(c3ccccc3OC)CC2)n1C. The van der Waals surface area contributed by atoms with E-state index in [2.05, 4.69) is 21.8 Å². The Labute approximate surface area is 188 Å². The molecule has 1 aromatic carbocycles. The van der Waals surface area contributed by atoms with Gasteiger partial charge in [0.25, 0.3) is 5.56 Å². The lowest BCUT2D eigenvalue weighted by molar-refractivity contribution is 0.242. The molecule has 0 bridgehead atoms. The van der Waals surface area contributed by atoms with Crippen LogP contribution in [0.3, 0.4) is 0 Å². The molecule has 1 aliphatic heterocycles. The van der Waals surface area contributed by atoms with E-state index in [-0.39, 0.29) is 10.6 Å². The van der Waals surface area contributed by atoms with Crippen molar-refractivity contribution >= 4 is 23.0 Å². The molecule has 2 heterocycles. The summed E-state index contributed by atoms with van der Waals surface area (Å²) < 4.78 is 8.90. The summed E-state index contributed by atoms with van der Waals surface area (Å²) in [5, 5.41) is 0.248. The molecule has 0 saturated carbocycles. The summed E-state index contributed by atoms with van der Waals surface area (Å²) in [6, 6.07) is 8.07. The third kappa shape index (κ3) is 4.90. The van der Waals surface area contributed by atoms with E-state index in [1.165, 1.54) is 0 Å². The summed E-state index contributed by atoms with van der Waals surface area (Å²) in [5.41, 5.74) is 2.38. The Kier molecular flexibility index (Phi) is 7.67. The zero-order chi connectivity index (χ0) is 22.4. The standard InChI is InChI=1S/C24H29ClN4O2/c1-5-7-11-19(10-6-2)29-24(30)23(25)21(26(29)3)18-27-14-16-28(17-15-27)20-12-8-9-13-22(20)31-4/h2,5,7-10,12-13H,11,14-18H2,1,3-4H3/b7-5-,19-10+. The Morgan fingerprint density at radius 1 is 1.26 bits per heavy atom. The molecule has 1 aromatic heterocycles. The molecule has 0 atom stereocenters. The van der Waals surface area contributed by atoms with Gasteiger partial charge in [0.15, 0.2) is 0 Å². The van der Waals surface area contributed by atoms with Gasteiger partial charge in [-0.05, 0) is 19.1 Å². The van der Waals surface area contributed by atoms with Crippen LogP contribution >= 0.6 is 11.6 Å². The van der Waals surface area contributed by atoms with E-state index >= 15 is 0 Å². The summed E-state index contributed by atoms with van der Waals surface area (Å²) in [5.74, 6) is 3.41. The predicted molar refractivity (Wildman–Crippen MR) is 128 cm³/mol. The number of aromatic nitrogens is 2. The molecule has 6 nitrogen and oxygen atoms in total. The molecule has 0 radical (unpaired) electrons. The van der Waals surface area contributed by atoms with Crippen LogP contribution in [-0.2, 0) is 13.6 Å². The highest BCUT2D eigenvalue weighted by Gasteiger charge is 2.24. The predicted octanol–water partition coefficient (Wildman–Crippen LogP) is 3.61. The first kappa shape index (κ1) is 22.8. The molecule has 0 aliphatic carbocycles.